The lowest BCUT2D eigenvalue weighted by atomic mass is 10.2. The molecule has 0 saturated carbocycles. The van der Waals surface area contributed by atoms with Crippen LogP contribution in [-0.4, -0.2) is 28.1 Å². The van der Waals surface area contributed by atoms with E-state index in [0.29, 0.717) is 10.7 Å². The van der Waals surface area contributed by atoms with Gasteiger partial charge in [0.25, 0.3) is 5.91 Å². The van der Waals surface area contributed by atoms with E-state index in [9.17, 15) is 9.59 Å². The summed E-state index contributed by atoms with van der Waals surface area (Å²) >= 11 is 5.80. The van der Waals surface area contributed by atoms with E-state index in [-0.39, 0.29) is 5.91 Å². The summed E-state index contributed by atoms with van der Waals surface area (Å²) in [4.78, 5) is 23.7. The van der Waals surface area contributed by atoms with Gasteiger partial charge in [-0.3, -0.25) is 4.79 Å². The molecule has 5 nitrogen and oxygen atoms in total. The van der Waals surface area contributed by atoms with Crippen LogP contribution in [0.2, 0.25) is 5.02 Å². The second kappa shape index (κ2) is 5.65. The van der Waals surface area contributed by atoms with Gasteiger partial charge in [-0.25, -0.2) is 4.79 Å². The number of hydrogen-bond donors (Lipinski definition) is 1. The third-order valence-electron chi connectivity index (χ3n) is 2.31. The fraction of sp³-hybridized carbons (Fsp3) is 0.538. The second-order valence-corrected chi connectivity index (χ2v) is 5.82. The van der Waals surface area contributed by atoms with E-state index in [1.807, 2.05) is 0 Å². The highest BCUT2D eigenvalue weighted by atomic mass is 35.5. The van der Waals surface area contributed by atoms with Crippen LogP contribution in [0, 0.1) is 0 Å². The quantitative estimate of drug-likeness (QED) is 0.866. The fourth-order valence-corrected chi connectivity index (χ4v) is 1.72. The Kier molecular flexibility index (Phi) is 4.63. The number of nitrogens with one attached hydrogen (secondary N) is 1. The van der Waals surface area contributed by atoms with Crippen LogP contribution in [0.3, 0.4) is 0 Å². The second-order valence-electron chi connectivity index (χ2n) is 5.38. The van der Waals surface area contributed by atoms with Gasteiger partial charge in [0.15, 0.2) is 0 Å². The van der Waals surface area contributed by atoms with E-state index < -0.39 is 17.6 Å². The van der Waals surface area contributed by atoms with Crippen molar-refractivity contribution in [2.45, 2.75) is 39.3 Å². The number of halogens is 1. The van der Waals surface area contributed by atoms with E-state index in [4.69, 9.17) is 16.3 Å². The Morgan fingerprint density at radius 1 is 1.42 bits per heavy atom. The average Bonchev–Trinajstić information content (AvgIpc) is 2.55. The van der Waals surface area contributed by atoms with Crippen molar-refractivity contribution in [2.75, 3.05) is 0 Å². The Morgan fingerprint density at radius 2 is 2.00 bits per heavy atom. The van der Waals surface area contributed by atoms with Gasteiger partial charge in [-0.2, -0.15) is 0 Å². The van der Waals surface area contributed by atoms with E-state index in [1.165, 1.54) is 0 Å². The average molecular weight is 287 g/mol. The standard InChI is InChI=1S/C13H19ClN2O3/c1-8(12(18)19-13(2,3)4)15-11(17)10-6-9(14)7-16(10)5/h6-8H,1-5H3,(H,15,17)/t8-/m1/s1. The molecular weight excluding hydrogens is 268 g/mol. The largest absolute Gasteiger partial charge is 0.458 e. The number of ether oxygens (including phenoxy) is 1. The molecule has 0 fully saturated rings. The van der Waals surface area contributed by atoms with Gasteiger partial charge in [0.2, 0.25) is 0 Å². The third-order valence-corrected chi connectivity index (χ3v) is 2.52. The molecule has 1 heterocycles. The molecule has 0 saturated heterocycles. The summed E-state index contributed by atoms with van der Waals surface area (Å²) in [5.41, 5.74) is -0.190. The molecule has 0 aliphatic carbocycles. The molecule has 0 aromatic carbocycles. The highest BCUT2D eigenvalue weighted by molar-refractivity contribution is 6.31. The van der Waals surface area contributed by atoms with Crippen LogP contribution in [-0.2, 0) is 16.6 Å². The third kappa shape index (κ3) is 4.59. The van der Waals surface area contributed by atoms with Crippen molar-refractivity contribution in [1.82, 2.24) is 9.88 Å². The Morgan fingerprint density at radius 3 is 2.42 bits per heavy atom. The number of amides is 1. The SMILES string of the molecule is C[C@@H](NC(=O)c1cc(Cl)cn1C)C(=O)OC(C)(C)C. The Bertz CT molecular complexity index is 489. The van der Waals surface area contributed by atoms with Gasteiger partial charge in [-0.05, 0) is 33.8 Å². The fourth-order valence-electron chi connectivity index (χ4n) is 1.47. The number of nitrogens with zero attached hydrogens (tertiary/aromatic N) is 1. The van der Waals surface area contributed by atoms with Crippen molar-refractivity contribution in [3.05, 3.63) is 23.0 Å². The van der Waals surface area contributed by atoms with Gasteiger partial charge in [-0.15, -0.1) is 0 Å². The predicted octanol–water partition coefficient (Wildman–Crippen LogP) is 2.14. The summed E-state index contributed by atoms with van der Waals surface area (Å²) in [7, 11) is 1.71. The van der Waals surface area contributed by atoms with Gasteiger partial charge in [-0.1, -0.05) is 11.6 Å². The Balaban J connectivity index is 2.67. The minimum atomic E-state index is -0.722. The molecule has 0 bridgehead atoms. The molecule has 1 aromatic heterocycles. The zero-order valence-corrected chi connectivity index (χ0v) is 12.5. The molecule has 0 unspecified atom stereocenters. The number of aromatic nitrogens is 1. The maximum absolute atomic E-state index is 12.0. The van der Waals surface area contributed by atoms with Crippen LogP contribution in [0.1, 0.15) is 38.2 Å². The number of carbonyl (C=O) groups excluding carboxylic acids is 2. The van der Waals surface area contributed by atoms with Crippen molar-refractivity contribution in [1.29, 1.82) is 0 Å². The van der Waals surface area contributed by atoms with Crippen LogP contribution >= 0.6 is 11.6 Å². The monoisotopic (exact) mass is 286 g/mol. The summed E-state index contributed by atoms with van der Waals surface area (Å²) in [6, 6.07) is 0.819. The summed E-state index contributed by atoms with van der Waals surface area (Å²) in [6.45, 7) is 6.90. The Hall–Kier alpha value is -1.49. The van der Waals surface area contributed by atoms with Crippen LogP contribution in [0.15, 0.2) is 12.3 Å². The molecule has 1 amide bonds. The molecule has 0 radical (unpaired) electrons. The highest BCUT2D eigenvalue weighted by Gasteiger charge is 2.24. The number of rotatable bonds is 3. The molecular formula is C13H19ClN2O3. The first-order valence-corrected chi connectivity index (χ1v) is 6.33. The molecule has 0 aliphatic heterocycles. The van der Waals surface area contributed by atoms with Crippen molar-refractivity contribution in [3.63, 3.8) is 0 Å². The van der Waals surface area contributed by atoms with Crippen molar-refractivity contribution < 1.29 is 14.3 Å². The van der Waals surface area contributed by atoms with Gasteiger partial charge in [0.05, 0.1) is 5.02 Å². The lowest BCUT2D eigenvalue weighted by Crippen LogP contribution is -2.42. The van der Waals surface area contributed by atoms with Crippen molar-refractivity contribution in [2.24, 2.45) is 7.05 Å². The zero-order valence-electron chi connectivity index (χ0n) is 11.8. The van der Waals surface area contributed by atoms with Gasteiger partial charge < -0.3 is 14.6 Å². The van der Waals surface area contributed by atoms with E-state index >= 15 is 0 Å². The minimum Gasteiger partial charge on any atom is -0.458 e. The van der Waals surface area contributed by atoms with Gasteiger partial charge in [0, 0.05) is 13.2 Å². The van der Waals surface area contributed by atoms with Gasteiger partial charge in [0.1, 0.15) is 17.3 Å². The first-order chi connectivity index (χ1) is 8.60. The molecule has 0 spiro atoms. The number of carbonyl (C=O) groups is 2. The molecule has 1 atom stereocenters. The number of esters is 1. The summed E-state index contributed by atoms with van der Waals surface area (Å²) < 4.78 is 6.78. The molecule has 1 N–H and O–H groups in total. The lowest BCUT2D eigenvalue weighted by Gasteiger charge is -2.22. The zero-order chi connectivity index (χ0) is 14.8. The predicted molar refractivity (Wildman–Crippen MR) is 73.2 cm³/mol. The Labute approximate surface area is 117 Å². The van der Waals surface area contributed by atoms with Crippen LogP contribution in [0.4, 0.5) is 0 Å². The summed E-state index contributed by atoms with van der Waals surface area (Å²) in [6.07, 6.45) is 1.62. The van der Waals surface area contributed by atoms with Crippen LogP contribution < -0.4 is 5.32 Å². The first-order valence-electron chi connectivity index (χ1n) is 5.96. The molecule has 19 heavy (non-hydrogen) atoms. The minimum absolute atomic E-state index is 0.368. The van der Waals surface area contributed by atoms with Crippen molar-refractivity contribution >= 4 is 23.5 Å². The smallest absolute Gasteiger partial charge is 0.328 e. The van der Waals surface area contributed by atoms with Crippen LogP contribution in [0.25, 0.3) is 0 Å². The first kappa shape index (κ1) is 15.6. The van der Waals surface area contributed by atoms with Crippen LogP contribution in [0.5, 0.6) is 0 Å². The number of aryl methyl sites for hydroxylation is 1. The highest BCUT2D eigenvalue weighted by Crippen LogP contribution is 2.13. The lowest BCUT2D eigenvalue weighted by molar-refractivity contribution is -0.156. The molecule has 0 aliphatic rings. The maximum Gasteiger partial charge on any atom is 0.328 e. The maximum atomic E-state index is 12.0. The summed E-state index contributed by atoms with van der Waals surface area (Å²) in [5, 5.41) is 3.05. The van der Waals surface area contributed by atoms with E-state index in [0.717, 1.165) is 0 Å². The van der Waals surface area contributed by atoms with Crippen molar-refractivity contribution in [3.8, 4) is 0 Å². The normalized spacial score (nSPS) is 12.9. The van der Waals surface area contributed by atoms with E-state index in [1.54, 1.807) is 51.6 Å². The molecule has 106 valence electrons. The molecule has 1 rings (SSSR count). The molecule has 1 aromatic rings. The molecule has 6 heteroatoms. The van der Waals surface area contributed by atoms with E-state index in [2.05, 4.69) is 5.32 Å². The number of hydrogen-bond acceptors (Lipinski definition) is 3. The van der Waals surface area contributed by atoms with Gasteiger partial charge >= 0.3 is 5.97 Å². The topological polar surface area (TPSA) is 60.3 Å². The summed E-state index contributed by atoms with van der Waals surface area (Å²) in [5.74, 6) is -0.839.